The van der Waals surface area contributed by atoms with E-state index in [-0.39, 0.29) is 18.1 Å². The van der Waals surface area contributed by atoms with Crippen molar-refractivity contribution in [3.05, 3.63) is 69.9 Å². The maximum Gasteiger partial charge on any atom is 0.316 e. The molecule has 33 heavy (non-hydrogen) atoms. The summed E-state index contributed by atoms with van der Waals surface area (Å²) in [6, 6.07) is 9.84. The van der Waals surface area contributed by atoms with Gasteiger partial charge in [0.15, 0.2) is 6.61 Å². The highest BCUT2D eigenvalue weighted by Gasteiger charge is 2.18. The number of thioether (sulfide) groups is 1. The highest BCUT2D eigenvalue weighted by atomic mass is 32.2. The number of benzene rings is 1. The van der Waals surface area contributed by atoms with E-state index in [4.69, 9.17) is 14.0 Å². The van der Waals surface area contributed by atoms with E-state index >= 15 is 0 Å². The van der Waals surface area contributed by atoms with Gasteiger partial charge in [-0.15, -0.1) is 11.8 Å². The number of methoxy groups -OCH3 is 1. The van der Waals surface area contributed by atoms with E-state index in [1.54, 1.807) is 7.11 Å². The maximum atomic E-state index is 12.7. The minimum absolute atomic E-state index is 0.165. The molecule has 0 fully saturated rings. The molecule has 0 bridgehead atoms. The molecule has 2 aromatic heterocycles. The molecule has 3 rings (SSSR count). The van der Waals surface area contributed by atoms with Gasteiger partial charge in [0, 0.05) is 34.8 Å². The molecule has 0 atom stereocenters. The second-order valence-electron chi connectivity index (χ2n) is 7.91. The number of hydrogen-bond acceptors (Lipinski definition) is 7. The molecule has 2 heterocycles. The van der Waals surface area contributed by atoms with Gasteiger partial charge in [-0.2, -0.15) is 0 Å². The molecule has 3 aromatic rings. The van der Waals surface area contributed by atoms with Gasteiger partial charge in [-0.3, -0.25) is 9.59 Å². The maximum absolute atomic E-state index is 12.7. The molecule has 0 spiro atoms. The fraction of sp³-hybridized carbons (Fsp3) is 0.400. The van der Waals surface area contributed by atoms with E-state index in [9.17, 15) is 9.59 Å². The zero-order valence-electron chi connectivity index (χ0n) is 19.8. The van der Waals surface area contributed by atoms with Gasteiger partial charge >= 0.3 is 5.97 Å². The standard InChI is InChI=1S/C25H30N2O5S/c1-16-12-22(18(3)27(16)11-10-20-6-8-21(30-5)9-7-20)24(28)13-31-25(29)15-33-14-23-17(2)26-32-19(23)4/h6-9,12H,10-11,13-15H2,1-5H3. The van der Waals surface area contributed by atoms with Gasteiger partial charge in [0.1, 0.15) is 11.5 Å². The first-order valence-corrected chi connectivity index (χ1v) is 11.9. The molecule has 7 nitrogen and oxygen atoms in total. The summed E-state index contributed by atoms with van der Waals surface area (Å²) in [5, 5.41) is 3.91. The molecule has 0 saturated carbocycles. The second-order valence-corrected chi connectivity index (χ2v) is 8.90. The summed E-state index contributed by atoms with van der Waals surface area (Å²) in [6.07, 6.45) is 0.839. The Morgan fingerprint density at radius 2 is 1.85 bits per heavy atom. The van der Waals surface area contributed by atoms with Gasteiger partial charge in [0.05, 0.1) is 18.6 Å². The molecule has 0 radical (unpaired) electrons. The van der Waals surface area contributed by atoms with Crippen LogP contribution in [0.1, 0.15) is 44.3 Å². The fourth-order valence-corrected chi connectivity index (χ4v) is 4.64. The van der Waals surface area contributed by atoms with Gasteiger partial charge in [0.25, 0.3) is 0 Å². The molecule has 0 aliphatic carbocycles. The first-order chi connectivity index (χ1) is 15.8. The van der Waals surface area contributed by atoms with Crippen molar-refractivity contribution in [3.63, 3.8) is 0 Å². The Kier molecular flexibility index (Phi) is 8.38. The molecule has 8 heteroatoms. The monoisotopic (exact) mass is 470 g/mol. The third kappa shape index (κ3) is 6.28. The van der Waals surface area contributed by atoms with Gasteiger partial charge in [-0.25, -0.2) is 0 Å². The van der Waals surface area contributed by atoms with E-state index in [0.717, 1.165) is 47.1 Å². The van der Waals surface area contributed by atoms with E-state index in [1.165, 1.54) is 17.3 Å². The number of aryl methyl sites for hydroxylation is 4. The van der Waals surface area contributed by atoms with E-state index in [1.807, 2.05) is 58.0 Å². The van der Waals surface area contributed by atoms with Crippen molar-refractivity contribution in [1.82, 2.24) is 9.72 Å². The first kappa shape index (κ1) is 24.6. The van der Waals surface area contributed by atoms with Crippen LogP contribution in [0.15, 0.2) is 34.9 Å². The SMILES string of the molecule is COc1ccc(CCn2c(C)cc(C(=O)COC(=O)CSCc3c(C)noc3C)c2C)cc1. The average molecular weight is 471 g/mol. The number of hydrogen-bond donors (Lipinski definition) is 0. The minimum Gasteiger partial charge on any atom is -0.497 e. The molecule has 0 aliphatic heterocycles. The second kappa shape index (κ2) is 11.2. The van der Waals surface area contributed by atoms with Crippen LogP contribution in [0, 0.1) is 27.7 Å². The molecule has 0 saturated heterocycles. The lowest BCUT2D eigenvalue weighted by Crippen LogP contribution is -2.16. The number of aromatic nitrogens is 2. The van der Waals surface area contributed by atoms with Crippen molar-refractivity contribution in [2.75, 3.05) is 19.5 Å². The zero-order valence-corrected chi connectivity index (χ0v) is 20.6. The lowest BCUT2D eigenvalue weighted by Gasteiger charge is -2.10. The summed E-state index contributed by atoms with van der Waals surface area (Å²) in [5.74, 6) is 1.76. The number of nitrogens with zero attached hydrogens (tertiary/aromatic N) is 2. The summed E-state index contributed by atoms with van der Waals surface area (Å²) >= 11 is 1.41. The van der Waals surface area contributed by atoms with Crippen LogP contribution >= 0.6 is 11.8 Å². The summed E-state index contributed by atoms with van der Waals surface area (Å²) in [4.78, 5) is 24.8. The Bertz CT molecular complexity index is 1100. The van der Waals surface area contributed by atoms with Crippen LogP contribution in [-0.4, -0.2) is 40.9 Å². The topological polar surface area (TPSA) is 83.6 Å². The number of Topliss-reactive ketones (excluding diaryl/α,β-unsaturated/α-hetero) is 1. The van der Waals surface area contributed by atoms with Crippen molar-refractivity contribution in [2.24, 2.45) is 0 Å². The van der Waals surface area contributed by atoms with Crippen LogP contribution < -0.4 is 4.74 Å². The average Bonchev–Trinajstić information content (AvgIpc) is 3.28. The Hall–Kier alpha value is -3.00. The summed E-state index contributed by atoms with van der Waals surface area (Å²) in [5.41, 5.74) is 5.50. The predicted octanol–water partition coefficient (Wildman–Crippen LogP) is 4.62. The van der Waals surface area contributed by atoms with Crippen LogP contribution in [-0.2, 0) is 28.2 Å². The van der Waals surface area contributed by atoms with E-state index in [0.29, 0.717) is 11.3 Å². The Morgan fingerprint density at radius 3 is 2.48 bits per heavy atom. The molecular weight excluding hydrogens is 440 g/mol. The quantitative estimate of drug-likeness (QED) is 0.299. The number of carbonyl (C=O) groups is 2. The van der Waals surface area contributed by atoms with Gasteiger partial charge in [-0.1, -0.05) is 17.3 Å². The third-order valence-corrected chi connectivity index (χ3v) is 6.60. The third-order valence-electron chi connectivity index (χ3n) is 5.67. The number of ether oxygens (including phenoxy) is 2. The molecular formula is C25H30N2O5S. The van der Waals surface area contributed by atoms with Crippen molar-refractivity contribution >= 4 is 23.5 Å². The van der Waals surface area contributed by atoms with Crippen molar-refractivity contribution in [2.45, 2.75) is 46.4 Å². The summed E-state index contributed by atoms with van der Waals surface area (Å²) in [7, 11) is 1.65. The van der Waals surface area contributed by atoms with E-state index in [2.05, 4.69) is 9.72 Å². The predicted molar refractivity (Wildman–Crippen MR) is 128 cm³/mol. The van der Waals surface area contributed by atoms with Crippen molar-refractivity contribution < 1.29 is 23.6 Å². The lowest BCUT2D eigenvalue weighted by atomic mass is 10.1. The van der Waals surface area contributed by atoms with Crippen molar-refractivity contribution in [3.8, 4) is 5.75 Å². The molecule has 0 N–H and O–H groups in total. The van der Waals surface area contributed by atoms with Gasteiger partial charge in [-0.05, 0) is 57.9 Å². The molecule has 176 valence electrons. The van der Waals surface area contributed by atoms with Gasteiger partial charge < -0.3 is 18.6 Å². The number of esters is 1. The van der Waals surface area contributed by atoms with E-state index < -0.39 is 5.97 Å². The van der Waals surface area contributed by atoms with Crippen molar-refractivity contribution in [1.29, 1.82) is 0 Å². The molecule has 0 unspecified atom stereocenters. The zero-order chi connectivity index (χ0) is 24.0. The molecule has 0 amide bonds. The van der Waals surface area contributed by atoms with Crippen LogP contribution in [0.25, 0.3) is 0 Å². The summed E-state index contributed by atoms with van der Waals surface area (Å²) < 4.78 is 17.7. The number of carbonyl (C=O) groups excluding carboxylic acids is 2. The molecule has 1 aromatic carbocycles. The van der Waals surface area contributed by atoms with Crippen LogP contribution in [0.5, 0.6) is 5.75 Å². The summed E-state index contributed by atoms with van der Waals surface area (Å²) in [6.45, 7) is 8.13. The Balaban J connectivity index is 1.49. The Labute approximate surface area is 198 Å². The fourth-order valence-electron chi connectivity index (χ4n) is 3.67. The van der Waals surface area contributed by atoms with Gasteiger partial charge in [0.2, 0.25) is 5.78 Å². The minimum atomic E-state index is -0.409. The lowest BCUT2D eigenvalue weighted by molar-refractivity contribution is -0.139. The van der Waals surface area contributed by atoms with Crippen LogP contribution in [0.3, 0.4) is 0 Å². The highest BCUT2D eigenvalue weighted by molar-refractivity contribution is 7.99. The first-order valence-electron chi connectivity index (χ1n) is 10.8. The normalized spacial score (nSPS) is 10.9. The largest absolute Gasteiger partial charge is 0.497 e. The molecule has 0 aliphatic rings. The van der Waals surface area contributed by atoms with Crippen LogP contribution in [0.2, 0.25) is 0 Å². The Morgan fingerprint density at radius 1 is 1.12 bits per heavy atom. The number of ketones is 1. The highest BCUT2D eigenvalue weighted by Crippen LogP contribution is 2.20. The number of rotatable bonds is 11. The smallest absolute Gasteiger partial charge is 0.316 e. The van der Waals surface area contributed by atoms with Crippen LogP contribution in [0.4, 0.5) is 0 Å².